The van der Waals surface area contributed by atoms with Crippen LogP contribution in [0.25, 0.3) is 0 Å². The molecule has 28 heavy (non-hydrogen) atoms. The molecule has 4 rings (SSSR count). The Kier molecular flexibility index (Phi) is 5.76. The number of carbonyl (C=O) groups is 1. The highest BCUT2D eigenvalue weighted by atomic mass is 32.2. The van der Waals surface area contributed by atoms with Crippen LogP contribution in [0.15, 0.2) is 35.2 Å². The van der Waals surface area contributed by atoms with Gasteiger partial charge in [0.1, 0.15) is 0 Å². The summed E-state index contributed by atoms with van der Waals surface area (Å²) in [5.41, 5.74) is 0.253. The Morgan fingerprint density at radius 3 is 2.43 bits per heavy atom. The van der Waals surface area contributed by atoms with Crippen molar-refractivity contribution in [3.05, 3.63) is 30.3 Å². The third kappa shape index (κ3) is 3.98. The van der Waals surface area contributed by atoms with E-state index in [9.17, 15) is 13.2 Å². The van der Waals surface area contributed by atoms with Gasteiger partial charge in [-0.3, -0.25) is 4.79 Å². The fourth-order valence-electron chi connectivity index (χ4n) is 5.12. The van der Waals surface area contributed by atoms with Gasteiger partial charge in [0.05, 0.1) is 4.90 Å². The van der Waals surface area contributed by atoms with Crippen LogP contribution in [-0.2, 0) is 14.8 Å². The van der Waals surface area contributed by atoms with Gasteiger partial charge < -0.3 is 10.2 Å². The van der Waals surface area contributed by atoms with E-state index in [1.165, 1.54) is 23.6 Å². The molecule has 3 saturated heterocycles. The zero-order valence-electron chi connectivity index (χ0n) is 16.5. The Bertz CT molecular complexity index is 777. The van der Waals surface area contributed by atoms with Crippen molar-refractivity contribution in [2.75, 3.05) is 39.3 Å². The number of carbonyl (C=O) groups excluding carboxylic acids is 1. The van der Waals surface area contributed by atoms with Gasteiger partial charge >= 0.3 is 0 Å². The van der Waals surface area contributed by atoms with E-state index in [1.807, 2.05) is 6.07 Å². The molecule has 0 bridgehead atoms. The molecule has 7 heteroatoms. The van der Waals surface area contributed by atoms with Gasteiger partial charge in [-0.1, -0.05) is 18.2 Å². The molecule has 1 atom stereocenters. The average Bonchev–Trinajstić information content (AvgIpc) is 2.74. The van der Waals surface area contributed by atoms with Crippen LogP contribution < -0.4 is 5.32 Å². The van der Waals surface area contributed by atoms with Gasteiger partial charge in [0.15, 0.2) is 0 Å². The topological polar surface area (TPSA) is 69.7 Å². The van der Waals surface area contributed by atoms with Crippen molar-refractivity contribution in [2.24, 2.45) is 11.3 Å². The van der Waals surface area contributed by atoms with Gasteiger partial charge in [-0.05, 0) is 57.2 Å². The van der Waals surface area contributed by atoms with Crippen LogP contribution in [-0.4, -0.2) is 62.8 Å². The summed E-state index contributed by atoms with van der Waals surface area (Å²) in [5.74, 6) is 0.190. The minimum absolute atomic E-state index is 0.0473. The second-order valence-corrected chi connectivity index (χ2v) is 10.6. The van der Waals surface area contributed by atoms with E-state index in [4.69, 9.17) is 0 Å². The van der Waals surface area contributed by atoms with Gasteiger partial charge in [-0.15, -0.1) is 0 Å². The van der Waals surface area contributed by atoms with Crippen LogP contribution in [0.4, 0.5) is 0 Å². The number of rotatable bonds is 3. The van der Waals surface area contributed by atoms with Gasteiger partial charge in [-0.2, -0.15) is 4.31 Å². The molecule has 1 aromatic rings. The summed E-state index contributed by atoms with van der Waals surface area (Å²) in [5, 5.41) is 3.51. The van der Waals surface area contributed by atoms with Crippen molar-refractivity contribution in [2.45, 2.75) is 43.4 Å². The summed E-state index contributed by atoms with van der Waals surface area (Å²) in [6.07, 6.45) is 5.92. The van der Waals surface area contributed by atoms with Crippen molar-refractivity contribution in [3.63, 3.8) is 0 Å². The Balaban J connectivity index is 1.36. The van der Waals surface area contributed by atoms with E-state index in [0.29, 0.717) is 30.8 Å². The lowest BCUT2D eigenvalue weighted by atomic mass is 9.74. The van der Waals surface area contributed by atoms with Crippen LogP contribution in [0.3, 0.4) is 0 Å². The molecule has 1 spiro atoms. The maximum atomic E-state index is 13.1. The molecular formula is C21H31N3O3S. The van der Waals surface area contributed by atoms with Crippen molar-refractivity contribution in [1.29, 1.82) is 0 Å². The molecule has 154 valence electrons. The zero-order valence-corrected chi connectivity index (χ0v) is 17.3. The SMILES string of the molecule is O=C(C1CCN(S(=O)(=O)c2ccccc2)CC1)N1CCCC2(CCCNC2)C1. The van der Waals surface area contributed by atoms with E-state index in [1.54, 1.807) is 24.3 Å². The third-order valence-corrected chi connectivity index (χ3v) is 8.63. The Morgan fingerprint density at radius 1 is 1.04 bits per heavy atom. The molecule has 1 N–H and O–H groups in total. The summed E-state index contributed by atoms with van der Waals surface area (Å²) >= 11 is 0. The van der Waals surface area contributed by atoms with Gasteiger partial charge in [0, 0.05) is 44.1 Å². The number of likely N-dealkylation sites (tertiary alicyclic amines) is 1. The van der Waals surface area contributed by atoms with Crippen molar-refractivity contribution in [3.8, 4) is 0 Å². The first-order valence-electron chi connectivity index (χ1n) is 10.5. The normalized spacial score (nSPS) is 27.8. The summed E-state index contributed by atoms with van der Waals surface area (Å²) in [7, 11) is -3.46. The summed E-state index contributed by atoms with van der Waals surface area (Å²) in [6, 6.07) is 8.58. The molecule has 1 amide bonds. The maximum Gasteiger partial charge on any atom is 0.243 e. The van der Waals surface area contributed by atoms with Crippen LogP contribution in [0.5, 0.6) is 0 Å². The van der Waals surface area contributed by atoms with Crippen LogP contribution in [0, 0.1) is 11.3 Å². The van der Waals surface area contributed by atoms with E-state index in [0.717, 1.165) is 32.6 Å². The summed E-state index contributed by atoms with van der Waals surface area (Å²) in [6.45, 7) is 4.67. The number of amides is 1. The van der Waals surface area contributed by atoms with Gasteiger partial charge in [-0.25, -0.2) is 8.42 Å². The third-order valence-electron chi connectivity index (χ3n) is 6.72. The minimum Gasteiger partial charge on any atom is -0.342 e. The molecule has 1 unspecified atom stereocenters. The second-order valence-electron chi connectivity index (χ2n) is 8.64. The lowest BCUT2D eigenvalue weighted by molar-refractivity contribution is -0.140. The maximum absolute atomic E-state index is 13.1. The highest BCUT2D eigenvalue weighted by Crippen LogP contribution is 2.37. The lowest BCUT2D eigenvalue weighted by Gasteiger charge is -2.46. The molecule has 3 heterocycles. The standard InChI is InChI=1S/C21H31N3O3S/c25-20(23-13-5-11-21(17-23)10-4-12-22-16-21)18-8-14-24(15-9-18)28(26,27)19-6-2-1-3-7-19/h1-3,6-7,18,22H,4-5,8-17H2. The van der Waals surface area contributed by atoms with Crippen molar-refractivity contribution >= 4 is 15.9 Å². The predicted octanol–water partition coefficient (Wildman–Crippen LogP) is 2.08. The number of hydrogen-bond donors (Lipinski definition) is 1. The number of nitrogens with zero attached hydrogens (tertiary/aromatic N) is 2. The van der Waals surface area contributed by atoms with Crippen LogP contribution in [0.1, 0.15) is 38.5 Å². The largest absolute Gasteiger partial charge is 0.342 e. The summed E-state index contributed by atoms with van der Waals surface area (Å²) in [4.78, 5) is 15.6. The Morgan fingerprint density at radius 2 is 1.75 bits per heavy atom. The molecule has 3 fully saturated rings. The highest BCUT2D eigenvalue weighted by Gasteiger charge is 2.40. The molecule has 3 aliphatic rings. The van der Waals surface area contributed by atoms with Crippen molar-refractivity contribution in [1.82, 2.24) is 14.5 Å². The Hall–Kier alpha value is -1.44. The highest BCUT2D eigenvalue weighted by molar-refractivity contribution is 7.89. The van der Waals surface area contributed by atoms with Crippen LogP contribution in [0.2, 0.25) is 0 Å². The van der Waals surface area contributed by atoms with Crippen molar-refractivity contribution < 1.29 is 13.2 Å². The minimum atomic E-state index is -3.46. The lowest BCUT2D eigenvalue weighted by Crippen LogP contribution is -2.54. The Labute approximate surface area is 168 Å². The average molecular weight is 406 g/mol. The first-order chi connectivity index (χ1) is 13.5. The molecule has 0 saturated carbocycles. The number of hydrogen-bond acceptors (Lipinski definition) is 4. The molecule has 1 aromatic carbocycles. The number of nitrogens with one attached hydrogen (secondary N) is 1. The fraction of sp³-hybridized carbons (Fsp3) is 0.667. The molecule has 0 radical (unpaired) electrons. The van der Waals surface area contributed by atoms with E-state index >= 15 is 0 Å². The zero-order chi connectivity index (χ0) is 19.6. The number of benzene rings is 1. The quantitative estimate of drug-likeness (QED) is 0.836. The summed E-state index contributed by atoms with van der Waals surface area (Å²) < 4.78 is 27.1. The smallest absolute Gasteiger partial charge is 0.243 e. The molecule has 0 aliphatic carbocycles. The second kappa shape index (κ2) is 8.13. The van der Waals surface area contributed by atoms with E-state index in [2.05, 4.69) is 10.2 Å². The fourth-order valence-corrected chi connectivity index (χ4v) is 6.61. The number of piperidine rings is 3. The van der Waals surface area contributed by atoms with Gasteiger partial charge in [0.2, 0.25) is 15.9 Å². The van der Waals surface area contributed by atoms with E-state index < -0.39 is 10.0 Å². The molecular weight excluding hydrogens is 374 g/mol. The molecule has 3 aliphatic heterocycles. The first kappa shape index (κ1) is 19.9. The van der Waals surface area contributed by atoms with Crippen LogP contribution >= 0.6 is 0 Å². The van der Waals surface area contributed by atoms with E-state index in [-0.39, 0.29) is 17.2 Å². The monoisotopic (exact) mass is 405 g/mol. The number of sulfonamides is 1. The predicted molar refractivity (Wildman–Crippen MR) is 108 cm³/mol. The molecule has 6 nitrogen and oxygen atoms in total. The molecule has 0 aromatic heterocycles. The first-order valence-corrected chi connectivity index (χ1v) is 12.0. The van der Waals surface area contributed by atoms with Gasteiger partial charge in [0.25, 0.3) is 0 Å².